The van der Waals surface area contributed by atoms with E-state index in [1.165, 1.54) is 12.1 Å². The van der Waals surface area contributed by atoms with Gasteiger partial charge in [-0.1, -0.05) is 11.6 Å². The number of benzene rings is 1. The van der Waals surface area contributed by atoms with Crippen molar-refractivity contribution in [2.45, 2.75) is 13.0 Å². The summed E-state index contributed by atoms with van der Waals surface area (Å²) in [5.74, 6) is 0.917. The lowest BCUT2D eigenvalue weighted by atomic mass is 10.0. The van der Waals surface area contributed by atoms with E-state index in [0.29, 0.717) is 24.4 Å². The first-order chi connectivity index (χ1) is 9.63. The molecule has 20 heavy (non-hydrogen) atoms. The molecule has 0 saturated carbocycles. The number of aromatic nitrogens is 2. The summed E-state index contributed by atoms with van der Waals surface area (Å²) in [6.45, 7) is 0.860. The third kappa shape index (κ3) is 2.64. The molecule has 0 aliphatic carbocycles. The molecule has 0 amide bonds. The number of hydrogen-bond donors (Lipinski definition) is 1. The van der Waals surface area contributed by atoms with Crippen LogP contribution in [0.15, 0.2) is 18.2 Å². The van der Waals surface area contributed by atoms with Gasteiger partial charge in [0.25, 0.3) is 0 Å². The van der Waals surface area contributed by atoms with Gasteiger partial charge in [0.1, 0.15) is 22.5 Å². The lowest BCUT2D eigenvalue weighted by Gasteiger charge is -2.10. The van der Waals surface area contributed by atoms with E-state index in [-0.39, 0.29) is 22.8 Å². The fourth-order valence-corrected chi connectivity index (χ4v) is 2.57. The van der Waals surface area contributed by atoms with E-state index < -0.39 is 0 Å². The van der Waals surface area contributed by atoms with Crippen molar-refractivity contribution >= 4 is 29.0 Å². The minimum Gasteiger partial charge on any atom is -0.493 e. The van der Waals surface area contributed by atoms with Crippen LogP contribution in [0.5, 0.6) is 5.75 Å². The van der Waals surface area contributed by atoms with Crippen LogP contribution in [-0.4, -0.2) is 16.6 Å². The zero-order valence-electron chi connectivity index (χ0n) is 10.3. The van der Waals surface area contributed by atoms with Crippen LogP contribution in [0.3, 0.4) is 0 Å². The summed E-state index contributed by atoms with van der Waals surface area (Å²) < 4.78 is 19.3. The van der Waals surface area contributed by atoms with Gasteiger partial charge in [0.15, 0.2) is 0 Å². The summed E-state index contributed by atoms with van der Waals surface area (Å²) in [7, 11) is 0. The SMILES string of the molecule is Fc1ccc2c(c1CNc1cc(Cl)nc(Cl)n1)CCO2. The topological polar surface area (TPSA) is 47.0 Å². The summed E-state index contributed by atoms with van der Waals surface area (Å²) in [4.78, 5) is 7.73. The van der Waals surface area contributed by atoms with Gasteiger partial charge in [0.05, 0.1) is 6.61 Å². The van der Waals surface area contributed by atoms with E-state index >= 15 is 0 Å². The van der Waals surface area contributed by atoms with Crippen LogP contribution >= 0.6 is 23.2 Å². The van der Waals surface area contributed by atoms with Crippen LogP contribution in [0, 0.1) is 5.82 Å². The number of halogens is 3. The molecule has 1 aliphatic rings. The Morgan fingerprint density at radius 2 is 2.15 bits per heavy atom. The first-order valence-electron chi connectivity index (χ1n) is 6.00. The molecule has 1 aromatic heterocycles. The van der Waals surface area contributed by atoms with Crippen LogP contribution < -0.4 is 10.1 Å². The van der Waals surface area contributed by atoms with Gasteiger partial charge in [-0.05, 0) is 23.7 Å². The average molecular weight is 314 g/mol. The van der Waals surface area contributed by atoms with E-state index in [1.54, 1.807) is 6.07 Å². The quantitative estimate of drug-likeness (QED) is 0.696. The normalized spacial score (nSPS) is 12.9. The highest BCUT2D eigenvalue weighted by molar-refractivity contribution is 6.32. The average Bonchev–Trinajstić information content (AvgIpc) is 2.85. The lowest BCUT2D eigenvalue weighted by molar-refractivity contribution is 0.356. The van der Waals surface area contributed by atoms with Crippen molar-refractivity contribution in [1.29, 1.82) is 0 Å². The number of ether oxygens (including phenoxy) is 1. The molecular formula is C13H10Cl2FN3O. The number of hydrogen-bond acceptors (Lipinski definition) is 4. The van der Waals surface area contributed by atoms with E-state index in [2.05, 4.69) is 15.3 Å². The van der Waals surface area contributed by atoms with Gasteiger partial charge in [-0.15, -0.1) is 0 Å². The second-order valence-electron chi connectivity index (χ2n) is 4.30. The minimum atomic E-state index is -0.270. The number of fused-ring (bicyclic) bond motifs is 1. The summed E-state index contributed by atoms with van der Waals surface area (Å²) in [5.41, 5.74) is 1.47. The Labute approximate surface area is 124 Å². The maximum Gasteiger partial charge on any atom is 0.225 e. The molecule has 4 nitrogen and oxygen atoms in total. The zero-order chi connectivity index (χ0) is 14.1. The fourth-order valence-electron chi connectivity index (χ4n) is 2.17. The van der Waals surface area contributed by atoms with E-state index in [1.807, 2.05) is 0 Å². The number of rotatable bonds is 3. The lowest BCUT2D eigenvalue weighted by Crippen LogP contribution is -2.06. The molecule has 1 aromatic carbocycles. The van der Waals surface area contributed by atoms with Gasteiger partial charge in [-0.2, -0.15) is 0 Å². The standard InChI is InChI=1S/C13H10Cl2FN3O/c14-11-5-12(19-13(15)18-11)17-6-8-7-3-4-20-10(7)2-1-9(8)16/h1-2,5H,3-4,6H2,(H,17,18,19). The van der Waals surface area contributed by atoms with E-state index in [0.717, 1.165) is 11.3 Å². The monoisotopic (exact) mass is 313 g/mol. The van der Waals surface area contributed by atoms with Gasteiger partial charge >= 0.3 is 0 Å². The molecule has 0 unspecified atom stereocenters. The minimum absolute atomic E-state index is 0.0436. The summed E-state index contributed by atoms with van der Waals surface area (Å²) >= 11 is 11.5. The maximum absolute atomic E-state index is 13.9. The summed E-state index contributed by atoms with van der Waals surface area (Å²) in [6, 6.07) is 4.59. The molecule has 2 aromatic rings. The third-order valence-electron chi connectivity index (χ3n) is 3.05. The molecule has 0 fully saturated rings. The highest BCUT2D eigenvalue weighted by atomic mass is 35.5. The van der Waals surface area contributed by atoms with Crippen LogP contribution in [-0.2, 0) is 13.0 Å². The van der Waals surface area contributed by atoms with E-state index in [4.69, 9.17) is 27.9 Å². The smallest absolute Gasteiger partial charge is 0.225 e. The predicted octanol–water partition coefficient (Wildman–Crippen LogP) is 3.47. The Balaban J connectivity index is 1.84. The Hall–Kier alpha value is -1.59. The van der Waals surface area contributed by atoms with Crippen molar-refractivity contribution in [1.82, 2.24) is 9.97 Å². The zero-order valence-corrected chi connectivity index (χ0v) is 11.8. The Kier molecular flexibility index (Phi) is 3.63. The van der Waals surface area contributed by atoms with Gasteiger partial charge in [-0.3, -0.25) is 0 Å². The molecule has 0 spiro atoms. The van der Waals surface area contributed by atoms with Crippen molar-refractivity contribution in [3.05, 3.63) is 45.6 Å². The summed E-state index contributed by atoms with van der Waals surface area (Å²) in [5, 5.41) is 3.27. The highest BCUT2D eigenvalue weighted by Gasteiger charge is 2.19. The van der Waals surface area contributed by atoms with Gasteiger partial charge in [0, 0.05) is 30.2 Å². The van der Waals surface area contributed by atoms with Gasteiger partial charge in [-0.25, -0.2) is 14.4 Å². The molecule has 104 valence electrons. The summed E-state index contributed by atoms with van der Waals surface area (Å²) in [6.07, 6.45) is 0.704. The van der Waals surface area contributed by atoms with Crippen molar-refractivity contribution < 1.29 is 9.13 Å². The van der Waals surface area contributed by atoms with Crippen LogP contribution in [0.2, 0.25) is 10.4 Å². The maximum atomic E-state index is 13.9. The molecule has 7 heteroatoms. The number of nitrogens with one attached hydrogen (secondary N) is 1. The Bertz CT molecular complexity index is 646. The molecule has 1 aliphatic heterocycles. The molecular weight excluding hydrogens is 304 g/mol. The van der Waals surface area contributed by atoms with Crippen molar-refractivity contribution in [3.8, 4) is 5.75 Å². The fraction of sp³-hybridized carbons (Fsp3) is 0.231. The van der Waals surface area contributed by atoms with Gasteiger partial charge in [0.2, 0.25) is 5.28 Å². The molecule has 0 atom stereocenters. The number of nitrogens with zero attached hydrogens (tertiary/aromatic N) is 2. The van der Waals surface area contributed by atoms with Crippen molar-refractivity contribution in [3.63, 3.8) is 0 Å². The molecule has 3 rings (SSSR count). The second-order valence-corrected chi connectivity index (χ2v) is 5.02. The van der Waals surface area contributed by atoms with Crippen molar-refractivity contribution in [2.24, 2.45) is 0 Å². The molecule has 0 radical (unpaired) electrons. The largest absolute Gasteiger partial charge is 0.493 e. The first-order valence-corrected chi connectivity index (χ1v) is 6.76. The Morgan fingerprint density at radius 1 is 1.30 bits per heavy atom. The van der Waals surface area contributed by atoms with Crippen molar-refractivity contribution in [2.75, 3.05) is 11.9 Å². The number of anilines is 1. The molecule has 0 saturated heterocycles. The van der Waals surface area contributed by atoms with Crippen LogP contribution in [0.1, 0.15) is 11.1 Å². The predicted molar refractivity (Wildman–Crippen MR) is 75.0 cm³/mol. The molecule has 0 bridgehead atoms. The third-order valence-corrected chi connectivity index (χ3v) is 3.42. The van der Waals surface area contributed by atoms with Gasteiger partial charge < -0.3 is 10.1 Å². The molecule has 2 heterocycles. The van der Waals surface area contributed by atoms with E-state index in [9.17, 15) is 4.39 Å². The molecule has 1 N–H and O–H groups in total. The Morgan fingerprint density at radius 3 is 2.95 bits per heavy atom. The first kappa shape index (κ1) is 13.4. The van der Waals surface area contributed by atoms with Crippen LogP contribution in [0.25, 0.3) is 0 Å². The highest BCUT2D eigenvalue weighted by Crippen LogP contribution is 2.30. The van der Waals surface area contributed by atoms with Crippen LogP contribution in [0.4, 0.5) is 10.2 Å². The second kappa shape index (κ2) is 5.42.